The van der Waals surface area contributed by atoms with E-state index in [2.05, 4.69) is 28.7 Å². The summed E-state index contributed by atoms with van der Waals surface area (Å²) in [5, 5.41) is 13.8. The minimum atomic E-state index is -0.599. The van der Waals surface area contributed by atoms with Crippen molar-refractivity contribution in [1.29, 1.82) is 0 Å². The first kappa shape index (κ1) is 14.1. The van der Waals surface area contributed by atoms with Crippen LogP contribution in [0.1, 0.15) is 44.6 Å². The Kier molecular flexibility index (Phi) is 4.13. The second kappa shape index (κ2) is 5.86. The van der Waals surface area contributed by atoms with Gasteiger partial charge in [0.2, 0.25) is 0 Å². The molecule has 0 spiro atoms. The number of carbonyl (C=O) groups is 1. The van der Waals surface area contributed by atoms with Crippen LogP contribution in [0.4, 0.5) is 0 Å². The van der Waals surface area contributed by atoms with Crippen LogP contribution in [-0.2, 0) is 11.3 Å². The molecule has 3 atom stereocenters. The van der Waals surface area contributed by atoms with Gasteiger partial charge in [-0.3, -0.25) is 9.69 Å². The molecule has 4 heteroatoms. The van der Waals surface area contributed by atoms with E-state index in [0.29, 0.717) is 12.0 Å². The SMILES string of the molecule is CC1CCC(C(=O)O)C(N(Cc2ccsc2)C2CC2)C1. The van der Waals surface area contributed by atoms with Crippen LogP contribution in [-0.4, -0.2) is 28.1 Å². The topological polar surface area (TPSA) is 40.5 Å². The van der Waals surface area contributed by atoms with Gasteiger partial charge in [0.25, 0.3) is 0 Å². The minimum absolute atomic E-state index is 0.176. The van der Waals surface area contributed by atoms with Crippen molar-refractivity contribution in [3.8, 4) is 0 Å². The van der Waals surface area contributed by atoms with Gasteiger partial charge in [0.1, 0.15) is 0 Å². The fraction of sp³-hybridized carbons (Fsp3) is 0.688. The summed E-state index contributed by atoms with van der Waals surface area (Å²) in [6.07, 6.45) is 5.42. The van der Waals surface area contributed by atoms with Gasteiger partial charge < -0.3 is 5.11 Å². The maximum atomic E-state index is 11.6. The predicted molar refractivity (Wildman–Crippen MR) is 80.8 cm³/mol. The van der Waals surface area contributed by atoms with Gasteiger partial charge in [-0.1, -0.05) is 6.92 Å². The highest BCUT2D eigenvalue weighted by atomic mass is 32.1. The lowest BCUT2D eigenvalue weighted by Gasteiger charge is -2.40. The molecule has 1 heterocycles. The van der Waals surface area contributed by atoms with Crippen molar-refractivity contribution >= 4 is 17.3 Å². The standard InChI is InChI=1S/C16H23NO2S/c1-11-2-5-14(16(18)19)15(8-11)17(13-3-4-13)9-12-6-7-20-10-12/h6-7,10-11,13-15H,2-5,8-9H2,1H3,(H,18,19). The molecule has 20 heavy (non-hydrogen) atoms. The molecule has 1 aromatic heterocycles. The van der Waals surface area contributed by atoms with Crippen molar-refractivity contribution in [2.75, 3.05) is 0 Å². The normalized spacial score (nSPS) is 30.6. The fourth-order valence-electron chi connectivity index (χ4n) is 3.52. The van der Waals surface area contributed by atoms with Gasteiger partial charge in [0.15, 0.2) is 0 Å². The van der Waals surface area contributed by atoms with Gasteiger partial charge in [0, 0.05) is 18.6 Å². The Hall–Kier alpha value is -0.870. The number of hydrogen-bond acceptors (Lipinski definition) is 3. The quantitative estimate of drug-likeness (QED) is 0.901. The molecule has 1 N–H and O–H groups in total. The highest BCUT2D eigenvalue weighted by molar-refractivity contribution is 7.07. The third kappa shape index (κ3) is 3.07. The van der Waals surface area contributed by atoms with Gasteiger partial charge in [-0.05, 0) is 60.4 Å². The summed E-state index contributed by atoms with van der Waals surface area (Å²) < 4.78 is 0. The number of hydrogen-bond donors (Lipinski definition) is 1. The lowest BCUT2D eigenvalue weighted by molar-refractivity contribution is -0.146. The van der Waals surface area contributed by atoms with E-state index >= 15 is 0 Å². The molecular weight excluding hydrogens is 270 g/mol. The molecule has 110 valence electrons. The molecule has 0 aliphatic heterocycles. The highest BCUT2D eigenvalue weighted by Crippen LogP contribution is 2.39. The third-order valence-corrected chi connectivity index (χ3v) is 5.52. The summed E-state index contributed by atoms with van der Waals surface area (Å²) in [4.78, 5) is 14.1. The Morgan fingerprint density at radius 1 is 1.40 bits per heavy atom. The second-order valence-electron chi connectivity index (χ2n) is 6.47. The van der Waals surface area contributed by atoms with Gasteiger partial charge in [-0.15, -0.1) is 0 Å². The van der Waals surface area contributed by atoms with E-state index in [1.807, 2.05) is 0 Å². The Morgan fingerprint density at radius 3 is 2.80 bits per heavy atom. The lowest BCUT2D eigenvalue weighted by atomic mass is 9.78. The second-order valence-corrected chi connectivity index (χ2v) is 7.25. The van der Waals surface area contributed by atoms with Crippen LogP contribution in [0, 0.1) is 11.8 Å². The van der Waals surface area contributed by atoms with Crippen LogP contribution in [0.5, 0.6) is 0 Å². The molecule has 0 saturated heterocycles. The molecule has 2 aliphatic rings. The van der Waals surface area contributed by atoms with Crippen LogP contribution in [0.2, 0.25) is 0 Å². The Balaban J connectivity index is 1.78. The van der Waals surface area contributed by atoms with E-state index in [0.717, 1.165) is 25.8 Å². The minimum Gasteiger partial charge on any atom is -0.481 e. The highest BCUT2D eigenvalue weighted by Gasteiger charge is 2.42. The average molecular weight is 293 g/mol. The molecule has 2 aliphatic carbocycles. The molecule has 1 aromatic rings. The Bertz CT molecular complexity index is 455. The third-order valence-electron chi connectivity index (χ3n) is 4.78. The van der Waals surface area contributed by atoms with Crippen molar-refractivity contribution in [2.45, 2.75) is 57.7 Å². The van der Waals surface area contributed by atoms with Crippen LogP contribution in [0.15, 0.2) is 16.8 Å². The number of aliphatic carboxylic acids is 1. The van der Waals surface area contributed by atoms with Gasteiger partial charge in [-0.2, -0.15) is 11.3 Å². The molecule has 3 rings (SSSR count). The molecule has 0 radical (unpaired) electrons. The van der Waals surface area contributed by atoms with Crippen LogP contribution >= 0.6 is 11.3 Å². The van der Waals surface area contributed by atoms with Crippen LogP contribution < -0.4 is 0 Å². The molecule has 3 unspecified atom stereocenters. The van der Waals surface area contributed by atoms with Gasteiger partial charge >= 0.3 is 5.97 Å². The Labute approximate surface area is 124 Å². The maximum Gasteiger partial charge on any atom is 0.308 e. The van der Waals surface area contributed by atoms with Crippen molar-refractivity contribution in [2.24, 2.45) is 11.8 Å². The monoisotopic (exact) mass is 293 g/mol. The zero-order valence-corrected chi connectivity index (χ0v) is 12.8. The lowest BCUT2D eigenvalue weighted by Crippen LogP contribution is -2.47. The van der Waals surface area contributed by atoms with Gasteiger partial charge in [-0.25, -0.2) is 0 Å². The first-order chi connectivity index (χ1) is 9.65. The summed E-state index contributed by atoms with van der Waals surface area (Å²) in [6, 6.07) is 3.01. The summed E-state index contributed by atoms with van der Waals surface area (Å²) in [5.41, 5.74) is 1.34. The van der Waals surface area contributed by atoms with Crippen LogP contribution in [0.3, 0.4) is 0 Å². The largest absolute Gasteiger partial charge is 0.481 e. The number of thiophene rings is 1. The number of carboxylic acid groups (broad SMARTS) is 1. The van der Waals surface area contributed by atoms with Gasteiger partial charge in [0.05, 0.1) is 5.92 Å². The van der Waals surface area contributed by atoms with E-state index in [9.17, 15) is 9.90 Å². The van der Waals surface area contributed by atoms with E-state index < -0.39 is 5.97 Å². The van der Waals surface area contributed by atoms with E-state index in [1.54, 1.807) is 11.3 Å². The first-order valence-electron chi connectivity index (χ1n) is 7.64. The molecule has 0 amide bonds. The summed E-state index contributed by atoms with van der Waals surface area (Å²) in [5.74, 6) is -0.123. The van der Waals surface area contributed by atoms with Crippen molar-refractivity contribution in [3.05, 3.63) is 22.4 Å². The van der Waals surface area contributed by atoms with Crippen molar-refractivity contribution < 1.29 is 9.90 Å². The van der Waals surface area contributed by atoms with E-state index in [-0.39, 0.29) is 12.0 Å². The van der Waals surface area contributed by atoms with E-state index in [1.165, 1.54) is 18.4 Å². The van der Waals surface area contributed by atoms with Crippen molar-refractivity contribution in [1.82, 2.24) is 4.90 Å². The molecule has 0 bridgehead atoms. The molecule has 3 nitrogen and oxygen atoms in total. The predicted octanol–water partition coefficient (Wildman–Crippen LogP) is 3.60. The summed E-state index contributed by atoms with van der Waals surface area (Å²) >= 11 is 1.73. The molecule has 0 aromatic carbocycles. The summed E-state index contributed by atoms with van der Waals surface area (Å²) in [7, 11) is 0. The van der Waals surface area contributed by atoms with E-state index in [4.69, 9.17) is 0 Å². The summed E-state index contributed by atoms with van der Waals surface area (Å²) in [6.45, 7) is 3.19. The number of rotatable bonds is 5. The fourth-order valence-corrected chi connectivity index (χ4v) is 4.18. The molecule has 2 fully saturated rings. The smallest absolute Gasteiger partial charge is 0.308 e. The molecule has 2 saturated carbocycles. The first-order valence-corrected chi connectivity index (χ1v) is 8.59. The molecular formula is C16H23NO2S. The zero-order chi connectivity index (χ0) is 14.1. The maximum absolute atomic E-state index is 11.6. The Morgan fingerprint density at radius 2 is 2.20 bits per heavy atom. The number of nitrogens with zero attached hydrogens (tertiary/aromatic N) is 1. The number of carboxylic acids is 1. The zero-order valence-electron chi connectivity index (χ0n) is 12.0. The van der Waals surface area contributed by atoms with Crippen molar-refractivity contribution in [3.63, 3.8) is 0 Å². The average Bonchev–Trinajstić information content (AvgIpc) is 3.12. The van der Waals surface area contributed by atoms with Crippen LogP contribution in [0.25, 0.3) is 0 Å².